The second kappa shape index (κ2) is 4.69. The first kappa shape index (κ1) is 10.6. The van der Waals surface area contributed by atoms with Crippen LogP contribution in [-0.2, 0) is 11.3 Å². The van der Waals surface area contributed by atoms with Crippen LogP contribution in [0.2, 0.25) is 0 Å². The van der Waals surface area contributed by atoms with Crippen molar-refractivity contribution in [3.8, 4) is 0 Å². The average Bonchev–Trinajstić information content (AvgIpc) is 2.47. The predicted octanol–water partition coefficient (Wildman–Crippen LogP) is 1.54. The minimum atomic E-state index is -0.412. The zero-order valence-corrected chi connectivity index (χ0v) is 9.44. The molecule has 0 unspecified atom stereocenters. The summed E-state index contributed by atoms with van der Waals surface area (Å²) in [6.07, 6.45) is 0. The summed E-state index contributed by atoms with van der Waals surface area (Å²) in [5.74, 6) is -0.412. The van der Waals surface area contributed by atoms with E-state index in [0.29, 0.717) is 22.6 Å². The van der Waals surface area contributed by atoms with Crippen LogP contribution in [0.5, 0.6) is 0 Å². The number of nitrogens with zero attached hydrogens (tertiary/aromatic N) is 1. The van der Waals surface area contributed by atoms with Crippen molar-refractivity contribution in [3.05, 3.63) is 14.5 Å². The number of thiazole rings is 1. The monoisotopic (exact) mass is 264 g/mol. The molecule has 1 heterocycles. The highest BCUT2D eigenvalue weighted by Gasteiger charge is 2.16. The Balaban J connectivity index is 2.87. The van der Waals surface area contributed by atoms with Crippen LogP contribution < -0.4 is 5.73 Å². The SMILES string of the molecule is CCOC(=O)c1nc(CN)sc1Br. The largest absolute Gasteiger partial charge is 0.461 e. The Kier molecular flexibility index (Phi) is 3.83. The minimum absolute atomic E-state index is 0.312. The summed E-state index contributed by atoms with van der Waals surface area (Å²) in [5.41, 5.74) is 5.69. The van der Waals surface area contributed by atoms with Gasteiger partial charge < -0.3 is 10.5 Å². The van der Waals surface area contributed by atoms with Crippen LogP contribution in [0.3, 0.4) is 0 Å². The summed E-state index contributed by atoms with van der Waals surface area (Å²) in [5, 5.41) is 0.718. The van der Waals surface area contributed by atoms with E-state index in [0.717, 1.165) is 5.01 Å². The quantitative estimate of drug-likeness (QED) is 0.842. The van der Waals surface area contributed by atoms with Crippen LogP contribution in [-0.4, -0.2) is 17.6 Å². The molecular weight excluding hydrogens is 256 g/mol. The van der Waals surface area contributed by atoms with Gasteiger partial charge in [-0.3, -0.25) is 0 Å². The third-order valence-corrected chi connectivity index (χ3v) is 3.00. The second-order valence-electron chi connectivity index (χ2n) is 2.15. The first-order chi connectivity index (χ1) is 6.19. The smallest absolute Gasteiger partial charge is 0.359 e. The average molecular weight is 265 g/mol. The van der Waals surface area contributed by atoms with Gasteiger partial charge >= 0.3 is 5.97 Å². The van der Waals surface area contributed by atoms with E-state index in [-0.39, 0.29) is 0 Å². The molecule has 4 nitrogen and oxygen atoms in total. The van der Waals surface area contributed by atoms with E-state index in [4.69, 9.17) is 10.5 Å². The first-order valence-electron chi connectivity index (χ1n) is 3.71. The normalized spacial score (nSPS) is 10.1. The van der Waals surface area contributed by atoms with Crippen molar-refractivity contribution >= 4 is 33.2 Å². The van der Waals surface area contributed by atoms with Gasteiger partial charge in [-0.1, -0.05) is 0 Å². The van der Waals surface area contributed by atoms with Gasteiger partial charge in [-0.25, -0.2) is 9.78 Å². The van der Waals surface area contributed by atoms with Gasteiger partial charge in [0.15, 0.2) is 5.69 Å². The number of carbonyl (C=O) groups excluding carboxylic acids is 1. The number of halogens is 1. The summed E-state index contributed by atoms with van der Waals surface area (Å²) in [6.45, 7) is 2.44. The van der Waals surface area contributed by atoms with Crippen molar-refractivity contribution in [3.63, 3.8) is 0 Å². The Bertz CT molecular complexity index is 313. The lowest BCUT2D eigenvalue weighted by molar-refractivity contribution is 0.0519. The van der Waals surface area contributed by atoms with Crippen LogP contribution >= 0.6 is 27.3 Å². The molecule has 2 N–H and O–H groups in total. The molecule has 0 spiro atoms. The van der Waals surface area contributed by atoms with Gasteiger partial charge in [-0.2, -0.15) is 0 Å². The number of hydrogen-bond donors (Lipinski definition) is 1. The van der Waals surface area contributed by atoms with Crippen LogP contribution in [0.1, 0.15) is 22.4 Å². The molecule has 0 amide bonds. The highest BCUT2D eigenvalue weighted by atomic mass is 79.9. The molecule has 0 saturated heterocycles. The van der Waals surface area contributed by atoms with Crippen LogP contribution in [0.4, 0.5) is 0 Å². The second-order valence-corrected chi connectivity index (χ2v) is 4.56. The molecule has 0 saturated carbocycles. The highest BCUT2D eigenvalue weighted by molar-refractivity contribution is 9.11. The molecule has 0 aliphatic heterocycles. The Labute approximate surface area is 88.2 Å². The number of carbonyl (C=O) groups is 1. The van der Waals surface area contributed by atoms with Gasteiger partial charge in [-0.05, 0) is 22.9 Å². The van der Waals surface area contributed by atoms with Crippen molar-refractivity contribution < 1.29 is 9.53 Å². The molecule has 1 rings (SSSR count). The van der Waals surface area contributed by atoms with Gasteiger partial charge in [0.25, 0.3) is 0 Å². The molecule has 0 fully saturated rings. The number of esters is 1. The fourth-order valence-corrected chi connectivity index (χ4v) is 2.22. The summed E-state index contributed by atoms with van der Waals surface area (Å²) in [7, 11) is 0. The van der Waals surface area contributed by atoms with Crippen LogP contribution in [0.25, 0.3) is 0 Å². The Morgan fingerprint density at radius 3 is 2.92 bits per heavy atom. The Morgan fingerprint density at radius 1 is 1.77 bits per heavy atom. The highest BCUT2D eigenvalue weighted by Crippen LogP contribution is 2.25. The van der Waals surface area contributed by atoms with Crippen molar-refractivity contribution in [2.24, 2.45) is 5.73 Å². The molecular formula is C7H9BrN2O2S. The molecule has 72 valence electrons. The van der Waals surface area contributed by atoms with E-state index in [1.807, 2.05) is 0 Å². The minimum Gasteiger partial charge on any atom is -0.461 e. The van der Waals surface area contributed by atoms with E-state index in [1.54, 1.807) is 6.92 Å². The molecule has 0 aliphatic rings. The molecule has 0 atom stereocenters. The maximum Gasteiger partial charge on any atom is 0.359 e. The van der Waals surface area contributed by atoms with E-state index in [1.165, 1.54) is 11.3 Å². The summed E-state index contributed by atoms with van der Waals surface area (Å²) in [6, 6.07) is 0. The molecule has 0 aromatic carbocycles. The summed E-state index contributed by atoms with van der Waals surface area (Å²) in [4.78, 5) is 15.3. The zero-order chi connectivity index (χ0) is 9.84. The molecule has 1 aromatic rings. The van der Waals surface area contributed by atoms with Crippen molar-refractivity contribution in [1.82, 2.24) is 4.98 Å². The number of aromatic nitrogens is 1. The molecule has 1 aromatic heterocycles. The molecule has 6 heteroatoms. The van der Waals surface area contributed by atoms with Gasteiger partial charge in [0.1, 0.15) is 8.79 Å². The summed E-state index contributed by atoms with van der Waals surface area (Å²) >= 11 is 4.58. The van der Waals surface area contributed by atoms with Crippen molar-refractivity contribution in [2.75, 3.05) is 6.61 Å². The topological polar surface area (TPSA) is 65.2 Å². The lowest BCUT2D eigenvalue weighted by Crippen LogP contribution is -2.06. The van der Waals surface area contributed by atoms with Crippen LogP contribution in [0.15, 0.2) is 3.79 Å². The number of nitrogens with two attached hydrogens (primary N) is 1. The number of rotatable bonds is 3. The fraction of sp³-hybridized carbons (Fsp3) is 0.429. The number of ether oxygens (including phenoxy) is 1. The van der Waals surface area contributed by atoms with Gasteiger partial charge in [0, 0.05) is 6.54 Å². The van der Waals surface area contributed by atoms with E-state index in [2.05, 4.69) is 20.9 Å². The van der Waals surface area contributed by atoms with Crippen molar-refractivity contribution in [2.45, 2.75) is 13.5 Å². The Morgan fingerprint density at radius 2 is 2.46 bits per heavy atom. The van der Waals surface area contributed by atoms with E-state index >= 15 is 0 Å². The lowest BCUT2D eigenvalue weighted by atomic mass is 10.5. The predicted molar refractivity (Wildman–Crippen MR) is 53.7 cm³/mol. The first-order valence-corrected chi connectivity index (χ1v) is 5.32. The molecule has 13 heavy (non-hydrogen) atoms. The molecule has 0 bridgehead atoms. The zero-order valence-electron chi connectivity index (χ0n) is 7.04. The molecule has 0 aliphatic carbocycles. The van der Waals surface area contributed by atoms with Crippen LogP contribution in [0, 0.1) is 0 Å². The molecule has 0 radical (unpaired) electrons. The van der Waals surface area contributed by atoms with Gasteiger partial charge in [0.2, 0.25) is 0 Å². The van der Waals surface area contributed by atoms with Gasteiger partial charge in [0.05, 0.1) is 6.61 Å². The Hall–Kier alpha value is -0.460. The summed E-state index contributed by atoms with van der Waals surface area (Å²) < 4.78 is 5.47. The lowest BCUT2D eigenvalue weighted by Gasteiger charge is -1.96. The van der Waals surface area contributed by atoms with E-state index in [9.17, 15) is 4.79 Å². The maximum absolute atomic E-state index is 11.2. The van der Waals surface area contributed by atoms with Crippen molar-refractivity contribution in [1.29, 1.82) is 0 Å². The van der Waals surface area contributed by atoms with Gasteiger partial charge in [-0.15, -0.1) is 11.3 Å². The number of hydrogen-bond acceptors (Lipinski definition) is 5. The standard InChI is InChI=1S/C7H9BrN2O2S/c1-2-12-7(11)5-6(8)13-4(3-9)10-5/h2-3,9H2,1H3. The van der Waals surface area contributed by atoms with E-state index < -0.39 is 5.97 Å². The third kappa shape index (κ3) is 2.49. The maximum atomic E-state index is 11.2. The fourth-order valence-electron chi connectivity index (χ4n) is 0.756. The third-order valence-electron chi connectivity index (χ3n) is 1.27.